The van der Waals surface area contributed by atoms with Crippen molar-refractivity contribution in [3.05, 3.63) is 59.2 Å². The van der Waals surface area contributed by atoms with Crippen LogP contribution < -0.4 is 4.74 Å². The maximum atomic E-state index is 5.25. The Morgan fingerprint density at radius 1 is 1.05 bits per heavy atom. The van der Waals surface area contributed by atoms with Gasteiger partial charge in [-0.15, -0.1) is 0 Å². The maximum absolute atomic E-state index is 5.25. The number of allylic oxidation sites excluding steroid dienone is 1. The molecule has 0 bridgehead atoms. The molecule has 0 N–H and O–H groups in total. The second-order valence-corrected chi connectivity index (χ2v) is 6.18. The Labute approximate surface area is 127 Å². The first kappa shape index (κ1) is 13.9. The SMILES string of the molecule is COc1ccc(-c2cccc3c2C=C(CC(C)C)C3)cc1. The van der Waals surface area contributed by atoms with Gasteiger partial charge in [0.05, 0.1) is 7.11 Å². The Morgan fingerprint density at radius 2 is 1.81 bits per heavy atom. The van der Waals surface area contributed by atoms with Crippen LogP contribution in [0, 0.1) is 5.92 Å². The van der Waals surface area contributed by atoms with Crippen LogP contribution in [0.1, 0.15) is 31.4 Å². The molecule has 0 amide bonds. The average Bonchev–Trinajstić information content (AvgIpc) is 2.88. The summed E-state index contributed by atoms with van der Waals surface area (Å²) in [4.78, 5) is 0. The first-order valence-corrected chi connectivity index (χ1v) is 7.63. The number of rotatable bonds is 4. The highest BCUT2D eigenvalue weighted by atomic mass is 16.5. The fraction of sp³-hybridized carbons (Fsp3) is 0.300. The van der Waals surface area contributed by atoms with Gasteiger partial charge in [0.25, 0.3) is 0 Å². The summed E-state index contributed by atoms with van der Waals surface area (Å²) >= 11 is 0. The van der Waals surface area contributed by atoms with Gasteiger partial charge < -0.3 is 4.74 Å². The lowest BCUT2D eigenvalue weighted by Crippen LogP contribution is -1.91. The smallest absolute Gasteiger partial charge is 0.118 e. The quantitative estimate of drug-likeness (QED) is 0.732. The van der Waals surface area contributed by atoms with Crippen LogP contribution in [0.3, 0.4) is 0 Å². The zero-order valence-corrected chi connectivity index (χ0v) is 13.0. The minimum Gasteiger partial charge on any atom is -0.497 e. The number of methoxy groups -OCH3 is 1. The number of fused-ring (bicyclic) bond motifs is 1. The second kappa shape index (κ2) is 5.77. The Morgan fingerprint density at radius 3 is 2.48 bits per heavy atom. The Balaban J connectivity index is 1.98. The lowest BCUT2D eigenvalue weighted by Gasteiger charge is -2.08. The first-order chi connectivity index (χ1) is 10.2. The topological polar surface area (TPSA) is 9.23 Å². The lowest BCUT2D eigenvalue weighted by molar-refractivity contribution is 0.415. The molecule has 0 fully saturated rings. The van der Waals surface area contributed by atoms with Gasteiger partial charge in [-0.25, -0.2) is 0 Å². The normalized spacial score (nSPS) is 13.2. The van der Waals surface area contributed by atoms with Crippen molar-refractivity contribution in [2.45, 2.75) is 26.7 Å². The highest BCUT2D eigenvalue weighted by molar-refractivity contribution is 5.80. The van der Waals surface area contributed by atoms with Crippen LogP contribution in [0.2, 0.25) is 0 Å². The van der Waals surface area contributed by atoms with Crippen molar-refractivity contribution in [3.63, 3.8) is 0 Å². The zero-order valence-electron chi connectivity index (χ0n) is 13.0. The van der Waals surface area contributed by atoms with Crippen LogP contribution in [0.25, 0.3) is 17.2 Å². The van der Waals surface area contributed by atoms with E-state index in [2.05, 4.69) is 50.3 Å². The summed E-state index contributed by atoms with van der Waals surface area (Å²) in [6.07, 6.45) is 4.70. The molecule has 1 aliphatic carbocycles. The van der Waals surface area contributed by atoms with Crippen LogP contribution in [-0.4, -0.2) is 7.11 Å². The molecule has 108 valence electrons. The van der Waals surface area contributed by atoms with Crippen LogP contribution >= 0.6 is 0 Å². The summed E-state index contributed by atoms with van der Waals surface area (Å²) in [5.41, 5.74) is 7.00. The Bertz CT molecular complexity index is 663. The van der Waals surface area contributed by atoms with Crippen LogP contribution in [0.15, 0.2) is 48.0 Å². The van der Waals surface area contributed by atoms with E-state index in [0.29, 0.717) is 0 Å². The number of ether oxygens (including phenoxy) is 1. The van der Waals surface area contributed by atoms with Crippen LogP contribution in [0.4, 0.5) is 0 Å². The average molecular weight is 278 g/mol. The molecular weight excluding hydrogens is 256 g/mol. The predicted molar refractivity (Wildman–Crippen MR) is 89.6 cm³/mol. The van der Waals surface area contributed by atoms with Crippen LogP contribution in [0.5, 0.6) is 5.75 Å². The molecule has 3 rings (SSSR count). The van der Waals surface area contributed by atoms with Crippen molar-refractivity contribution < 1.29 is 4.74 Å². The van der Waals surface area contributed by atoms with Gasteiger partial charge in [-0.3, -0.25) is 0 Å². The van der Waals surface area contributed by atoms with Gasteiger partial charge in [0, 0.05) is 0 Å². The predicted octanol–water partition coefficient (Wildman–Crippen LogP) is 5.35. The van der Waals surface area contributed by atoms with Gasteiger partial charge in [-0.05, 0) is 53.1 Å². The van der Waals surface area contributed by atoms with E-state index in [9.17, 15) is 0 Å². The monoisotopic (exact) mass is 278 g/mol. The van der Waals surface area contributed by atoms with E-state index in [1.54, 1.807) is 12.7 Å². The molecule has 1 heteroatoms. The molecule has 0 unspecified atom stereocenters. The van der Waals surface area contributed by atoms with Gasteiger partial charge in [-0.2, -0.15) is 0 Å². The molecule has 21 heavy (non-hydrogen) atoms. The minimum atomic E-state index is 0.718. The molecule has 1 aliphatic rings. The van der Waals surface area contributed by atoms with E-state index < -0.39 is 0 Å². The van der Waals surface area contributed by atoms with E-state index in [1.807, 2.05) is 12.1 Å². The van der Waals surface area contributed by atoms with Gasteiger partial charge >= 0.3 is 0 Å². The van der Waals surface area contributed by atoms with Crippen molar-refractivity contribution in [2.24, 2.45) is 5.92 Å². The van der Waals surface area contributed by atoms with Crippen molar-refractivity contribution in [2.75, 3.05) is 7.11 Å². The van der Waals surface area contributed by atoms with Gasteiger partial charge in [0.2, 0.25) is 0 Å². The van der Waals surface area contributed by atoms with Crippen molar-refractivity contribution in [3.8, 4) is 16.9 Å². The van der Waals surface area contributed by atoms with Gasteiger partial charge in [0.15, 0.2) is 0 Å². The first-order valence-electron chi connectivity index (χ1n) is 7.63. The lowest BCUT2D eigenvalue weighted by atomic mass is 9.97. The molecule has 0 radical (unpaired) electrons. The molecule has 0 saturated carbocycles. The zero-order chi connectivity index (χ0) is 14.8. The third-order valence-corrected chi connectivity index (χ3v) is 4.03. The molecule has 0 heterocycles. The molecule has 0 aromatic heterocycles. The van der Waals surface area contributed by atoms with Crippen LogP contribution in [-0.2, 0) is 6.42 Å². The van der Waals surface area contributed by atoms with Crippen molar-refractivity contribution in [1.29, 1.82) is 0 Å². The summed E-state index contributed by atoms with van der Waals surface area (Å²) in [5, 5.41) is 0. The van der Waals surface area contributed by atoms with Gasteiger partial charge in [-0.1, -0.05) is 55.8 Å². The number of hydrogen-bond acceptors (Lipinski definition) is 1. The standard InChI is InChI=1S/C20H22O/c1-14(2)11-15-12-17-5-4-6-19(20(17)13-15)16-7-9-18(21-3)10-8-16/h4-10,13-14H,11-12H2,1-3H3. The molecule has 0 aliphatic heterocycles. The van der Waals surface area contributed by atoms with E-state index in [1.165, 1.54) is 28.7 Å². The fourth-order valence-corrected chi connectivity index (χ4v) is 3.12. The second-order valence-electron chi connectivity index (χ2n) is 6.18. The third-order valence-electron chi connectivity index (χ3n) is 4.03. The highest BCUT2D eigenvalue weighted by Crippen LogP contribution is 2.36. The molecule has 2 aromatic carbocycles. The highest BCUT2D eigenvalue weighted by Gasteiger charge is 2.17. The van der Waals surface area contributed by atoms with E-state index in [0.717, 1.165) is 18.1 Å². The summed E-state index contributed by atoms with van der Waals surface area (Å²) in [6.45, 7) is 4.57. The molecule has 2 aromatic rings. The van der Waals surface area contributed by atoms with Crippen molar-refractivity contribution in [1.82, 2.24) is 0 Å². The number of benzene rings is 2. The number of hydrogen-bond donors (Lipinski definition) is 0. The minimum absolute atomic E-state index is 0.718. The third kappa shape index (κ3) is 2.87. The van der Waals surface area contributed by atoms with E-state index >= 15 is 0 Å². The van der Waals surface area contributed by atoms with Crippen molar-refractivity contribution >= 4 is 6.08 Å². The van der Waals surface area contributed by atoms with E-state index in [4.69, 9.17) is 4.74 Å². The molecule has 0 atom stereocenters. The summed E-state index contributed by atoms with van der Waals surface area (Å²) in [6, 6.07) is 15.0. The Hall–Kier alpha value is -2.02. The van der Waals surface area contributed by atoms with Gasteiger partial charge in [0.1, 0.15) is 5.75 Å². The summed E-state index contributed by atoms with van der Waals surface area (Å²) in [5.74, 6) is 1.62. The maximum Gasteiger partial charge on any atom is 0.118 e. The van der Waals surface area contributed by atoms with E-state index in [-0.39, 0.29) is 0 Å². The Kier molecular flexibility index (Phi) is 3.83. The molecule has 1 nitrogen and oxygen atoms in total. The largest absolute Gasteiger partial charge is 0.497 e. The summed E-state index contributed by atoms with van der Waals surface area (Å²) < 4.78 is 5.25. The molecular formula is C20H22O. The fourth-order valence-electron chi connectivity index (χ4n) is 3.12. The molecule has 0 spiro atoms. The summed E-state index contributed by atoms with van der Waals surface area (Å²) in [7, 11) is 1.70. The molecule has 0 saturated heterocycles.